The summed E-state index contributed by atoms with van der Waals surface area (Å²) in [6.07, 6.45) is 0. The lowest BCUT2D eigenvalue weighted by Crippen LogP contribution is -1.82. The standard InChI is InChI=1S/C14H9N5S/c1-2-4-12-11(3-1)15-14(20-12)10-7-5-9(6-8-10)13-16-18-19-17-13/h1-8H,(H,16,17,18,19). The fourth-order valence-electron chi connectivity index (χ4n) is 2.04. The van der Waals surface area contributed by atoms with Gasteiger partial charge in [0.1, 0.15) is 5.01 Å². The van der Waals surface area contributed by atoms with Crippen LogP contribution in [0.1, 0.15) is 0 Å². The summed E-state index contributed by atoms with van der Waals surface area (Å²) in [6.45, 7) is 0. The van der Waals surface area contributed by atoms with Crippen LogP contribution < -0.4 is 0 Å². The molecule has 0 radical (unpaired) electrons. The summed E-state index contributed by atoms with van der Waals surface area (Å²) in [5.41, 5.74) is 3.07. The quantitative estimate of drug-likeness (QED) is 0.612. The van der Waals surface area contributed by atoms with Gasteiger partial charge in [0.05, 0.1) is 10.2 Å². The van der Waals surface area contributed by atoms with Crippen molar-refractivity contribution in [3.8, 4) is 22.0 Å². The minimum Gasteiger partial charge on any atom is -0.236 e. The Morgan fingerprint density at radius 2 is 1.70 bits per heavy atom. The fourth-order valence-corrected chi connectivity index (χ4v) is 3.01. The highest BCUT2D eigenvalue weighted by atomic mass is 32.1. The van der Waals surface area contributed by atoms with Gasteiger partial charge >= 0.3 is 0 Å². The highest BCUT2D eigenvalue weighted by Gasteiger charge is 2.07. The van der Waals surface area contributed by atoms with Crippen molar-refractivity contribution in [1.82, 2.24) is 25.6 Å². The molecular formula is C14H9N5S. The van der Waals surface area contributed by atoms with Crippen LogP contribution in [-0.4, -0.2) is 25.6 Å². The predicted octanol–water partition coefficient (Wildman–Crippen LogP) is 3.14. The molecule has 0 unspecified atom stereocenters. The van der Waals surface area contributed by atoms with Crippen molar-refractivity contribution in [2.24, 2.45) is 0 Å². The van der Waals surface area contributed by atoms with E-state index in [9.17, 15) is 0 Å². The van der Waals surface area contributed by atoms with Crippen molar-refractivity contribution in [1.29, 1.82) is 0 Å². The van der Waals surface area contributed by atoms with Gasteiger partial charge in [0.15, 0.2) is 0 Å². The second-order valence-electron chi connectivity index (χ2n) is 4.30. The molecular weight excluding hydrogens is 270 g/mol. The Kier molecular flexibility index (Phi) is 2.53. The number of tetrazole rings is 1. The van der Waals surface area contributed by atoms with Crippen LogP contribution in [0, 0.1) is 0 Å². The van der Waals surface area contributed by atoms with E-state index in [1.54, 1.807) is 11.3 Å². The monoisotopic (exact) mass is 279 g/mol. The molecule has 0 spiro atoms. The summed E-state index contributed by atoms with van der Waals surface area (Å²) in [5, 5.41) is 15.0. The summed E-state index contributed by atoms with van der Waals surface area (Å²) in [6, 6.07) is 16.2. The zero-order valence-electron chi connectivity index (χ0n) is 10.3. The summed E-state index contributed by atoms with van der Waals surface area (Å²) >= 11 is 1.69. The van der Waals surface area contributed by atoms with E-state index in [-0.39, 0.29) is 0 Å². The SMILES string of the molecule is c1ccc2sc(-c3ccc(-c4nn[nH]n4)cc3)nc2c1. The number of hydrogen-bond donors (Lipinski definition) is 1. The van der Waals surface area contributed by atoms with Gasteiger partial charge in [-0.15, -0.1) is 21.5 Å². The van der Waals surface area contributed by atoms with Crippen LogP contribution in [0.4, 0.5) is 0 Å². The molecule has 0 aliphatic heterocycles. The third kappa shape index (κ3) is 1.86. The van der Waals surface area contributed by atoms with Crippen molar-refractivity contribution >= 4 is 21.6 Å². The number of aromatic nitrogens is 5. The van der Waals surface area contributed by atoms with Crippen molar-refractivity contribution in [2.75, 3.05) is 0 Å². The number of hydrogen-bond acceptors (Lipinski definition) is 5. The van der Waals surface area contributed by atoms with E-state index in [1.807, 2.05) is 42.5 Å². The lowest BCUT2D eigenvalue weighted by Gasteiger charge is -1.97. The van der Waals surface area contributed by atoms with Crippen molar-refractivity contribution in [3.63, 3.8) is 0 Å². The second kappa shape index (κ2) is 4.50. The van der Waals surface area contributed by atoms with E-state index in [2.05, 4.69) is 31.7 Å². The number of nitrogens with zero attached hydrogens (tertiary/aromatic N) is 4. The molecule has 0 amide bonds. The number of fused-ring (bicyclic) bond motifs is 1. The highest BCUT2D eigenvalue weighted by Crippen LogP contribution is 2.30. The van der Waals surface area contributed by atoms with Gasteiger partial charge in [-0.3, -0.25) is 0 Å². The Hall–Kier alpha value is -2.60. The first-order valence-electron chi connectivity index (χ1n) is 6.10. The summed E-state index contributed by atoms with van der Waals surface area (Å²) in [4.78, 5) is 4.64. The number of para-hydroxylation sites is 1. The molecule has 0 saturated heterocycles. The van der Waals surface area contributed by atoms with Crippen LogP contribution in [0.3, 0.4) is 0 Å². The van der Waals surface area contributed by atoms with E-state index in [0.29, 0.717) is 5.82 Å². The molecule has 2 aromatic heterocycles. The molecule has 0 aliphatic carbocycles. The van der Waals surface area contributed by atoms with Crippen LogP contribution in [0.25, 0.3) is 32.2 Å². The van der Waals surface area contributed by atoms with Gasteiger partial charge in [0.25, 0.3) is 0 Å². The fraction of sp³-hybridized carbons (Fsp3) is 0. The van der Waals surface area contributed by atoms with Crippen LogP contribution in [0.5, 0.6) is 0 Å². The lowest BCUT2D eigenvalue weighted by molar-refractivity contribution is 0.881. The minimum absolute atomic E-state index is 0.598. The van der Waals surface area contributed by atoms with Gasteiger partial charge in [-0.1, -0.05) is 36.4 Å². The second-order valence-corrected chi connectivity index (χ2v) is 5.33. The van der Waals surface area contributed by atoms with E-state index in [4.69, 9.17) is 0 Å². The Morgan fingerprint density at radius 1 is 0.900 bits per heavy atom. The summed E-state index contributed by atoms with van der Waals surface area (Å²) in [5.74, 6) is 0.598. The maximum Gasteiger partial charge on any atom is 0.204 e. The Balaban J connectivity index is 1.75. The zero-order chi connectivity index (χ0) is 13.4. The number of aromatic amines is 1. The number of thiazole rings is 1. The summed E-state index contributed by atoms with van der Waals surface area (Å²) < 4.78 is 1.20. The number of nitrogens with one attached hydrogen (secondary N) is 1. The number of H-pyrrole nitrogens is 1. The molecule has 96 valence electrons. The third-order valence-corrected chi connectivity index (χ3v) is 4.11. The maximum atomic E-state index is 4.64. The van der Waals surface area contributed by atoms with Crippen molar-refractivity contribution in [3.05, 3.63) is 48.5 Å². The molecule has 5 nitrogen and oxygen atoms in total. The van der Waals surface area contributed by atoms with Crippen molar-refractivity contribution < 1.29 is 0 Å². The lowest BCUT2D eigenvalue weighted by atomic mass is 10.1. The normalized spacial score (nSPS) is 11.0. The molecule has 0 saturated carbocycles. The Bertz CT molecular complexity index is 816. The smallest absolute Gasteiger partial charge is 0.204 e. The van der Waals surface area contributed by atoms with Crippen LogP contribution >= 0.6 is 11.3 Å². The molecule has 0 atom stereocenters. The highest BCUT2D eigenvalue weighted by molar-refractivity contribution is 7.21. The van der Waals surface area contributed by atoms with E-state index in [0.717, 1.165) is 21.7 Å². The maximum absolute atomic E-state index is 4.64. The van der Waals surface area contributed by atoms with Gasteiger partial charge < -0.3 is 0 Å². The first-order chi connectivity index (χ1) is 9.90. The average molecular weight is 279 g/mol. The topological polar surface area (TPSA) is 67.3 Å². The zero-order valence-corrected chi connectivity index (χ0v) is 11.1. The van der Waals surface area contributed by atoms with Gasteiger partial charge in [0, 0.05) is 11.1 Å². The van der Waals surface area contributed by atoms with Crippen LogP contribution in [-0.2, 0) is 0 Å². The largest absolute Gasteiger partial charge is 0.236 e. The van der Waals surface area contributed by atoms with Crippen LogP contribution in [0.15, 0.2) is 48.5 Å². The Labute approximate surface area is 118 Å². The van der Waals surface area contributed by atoms with E-state index < -0.39 is 0 Å². The van der Waals surface area contributed by atoms with Gasteiger partial charge in [-0.25, -0.2) is 4.98 Å². The molecule has 0 fully saturated rings. The third-order valence-electron chi connectivity index (χ3n) is 3.03. The molecule has 0 aliphatic rings. The number of benzene rings is 2. The van der Waals surface area contributed by atoms with E-state index >= 15 is 0 Å². The Morgan fingerprint density at radius 3 is 2.45 bits per heavy atom. The number of rotatable bonds is 2. The first-order valence-corrected chi connectivity index (χ1v) is 6.92. The molecule has 4 rings (SSSR count). The van der Waals surface area contributed by atoms with Crippen LogP contribution in [0.2, 0.25) is 0 Å². The minimum atomic E-state index is 0.598. The average Bonchev–Trinajstić information content (AvgIpc) is 3.17. The van der Waals surface area contributed by atoms with Gasteiger partial charge in [0.2, 0.25) is 5.82 Å². The molecule has 2 heterocycles. The molecule has 6 heteroatoms. The van der Waals surface area contributed by atoms with Gasteiger partial charge in [-0.2, -0.15) is 5.21 Å². The molecule has 20 heavy (non-hydrogen) atoms. The van der Waals surface area contributed by atoms with E-state index in [1.165, 1.54) is 4.70 Å². The molecule has 1 N–H and O–H groups in total. The molecule has 0 bridgehead atoms. The molecule has 4 aromatic rings. The first kappa shape index (κ1) is 11.2. The van der Waals surface area contributed by atoms with Gasteiger partial charge in [-0.05, 0) is 17.3 Å². The molecule has 2 aromatic carbocycles. The van der Waals surface area contributed by atoms with Crippen molar-refractivity contribution in [2.45, 2.75) is 0 Å². The predicted molar refractivity (Wildman–Crippen MR) is 78.2 cm³/mol. The summed E-state index contributed by atoms with van der Waals surface area (Å²) in [7, 11) is 0.